The van der Waals surface area contributed by atoms with Crippen molar-refractivity contribution in [1.29, 1.82) is 0 Å². The van der Waals surface area contributed by atoms with Gasteiger partial charge in [-0.1, -0.05) is 48.0 Å². The van der Waals surface area contributed by atoms with Crippen LogP contribution < -0.4 is 10.6 Å². The number of sulfone groups is 1. The van der Waals surface area contributed by atoms with Crippen molar-refractivity contribution in [2.75, 3.05) is 12.4 Å². The maximum Gasteiger partial charge on any atom is 0.338 e. The Hall–Kier alpha value is -3.13. The maximum atomic E-state index is 12.9. The molecule has 3 rings (SSSR count). The molecular formula is C21H22N2O5S. The van der Waals surface area contributed by atoms with Crippen molar-refractivity contribution in [3.63, 3.8) is 0 Å². The summed E-state index contributed by atoms with van der Waals surface area (Å²) in [5, 5.41) is 5.19. The van der Waals surface area contributed by atoms with Crippen molar-refractivity contribution in [2.24, 2.45) is 0 Å². The van der Waals surface area contributed by atoms with E-state index in [0.29, 0.717) is 5.56 Å². The second kappa shape index (κ2) is 8.48. The number of esters is 1. The van der Waals surface area contributed by atoms with E-state index in [9.17, 15) is 18.0 Å². The molecule has 1 aliphatic heterocycles. The van der Waals surface area contributed by atoms with Crippen LogP contribution in [-0.2, 0) is 19.4 Å². The smallest absolute Gasteiger partial charge is 0.338 e. The van der Waals surface area contributed by atoms with Crippen LogP contribution in [0.1, 0.15) is 24.1 Å². The highest BCUT2D eigenvalue weighted by molar-refractivity contribution is 7.91. The van der Waals surface area contributed by atoms with Crippen molar-refractivity contribution >= 4 is 21.8 Å². The Morgan fingerprint density at radius 3 is 2.34 bits per heavy atom. The highest BCUT2D eigenvalue weighted by Crippen LogP contribution is 2.29. The molecule has 0 spiro atoms. The summed E-state index contributed by atoms with van der Waals surface area (Å²) in [6.45, 7) is 3.70. The summed E-state index contributed by atoms with van der Waals surface area (Å²) >= 11 is 0. The fourth-order valence-corrected chi connectivity index (χ4v) is 4.44. The molecule has 29 heavy (non-hydrogen) atoms. The monoisotopic (exact) mass is 414 g/mol. The first-order valence-electron chi connectivity index (χ1n) is 9.14. The van der Waals surface area contributed by atoms with Crippen LogP contribution in [-0.4, -0.2) is 32.8 Å². The van der Waals surface area contributed by atoms with E-state index >= 15 is 0 Å². The molecule has 152 valence electrons. The Bertz CT molecular complexity index is 1040. The number of carbonyl (C=O) groups is 2. The number of rotatable bonds is 6. The van der Waals surface area contributed by atoms with E-state index in [1.165, 1.54) is 12.1 Å². The maximum absolute atomic E-state index is 12.9. The minimum atomic E-state index is -3.79. The Labute approximate surface area is 169 Å². The molecular weight excluding hydrogens is 392 g/mol. The minimum absolute atomic E-state index is 0.0154. The molecule has 2 aromatic carbocycles. The highest BCUT2D eigenvalue weighted by Gasteiger charge is 2.35. The van der Waals surface area contributed by atoms with Gasteiger partial charge in [-0.05, 0) is 31.5 Å². The molecule has 2 aromatic rings. The highest BCUT2D eigenvalue weighted by atomic mass is 32.2. The zero-order valence-electron chi connectivity index (χ0n) is 16.1. The molecule has 1 atom stereocenters. The third-order valence-corrected chi connectivity index (χ3v) is 6.16. The lowest BCUT2D eigenvalue weighted by atomic mass is 9.95. The SMILES string of the molecule is CCOC(=O)C1=C(CS(=O)(=O)c2ccccc2)NC(=O)N[C@H]1c1ccc(C)cc1. The first kappa shape index (κ1) is 20.6. The van der Waals surface area contributed by atoms with Crippen molar-refractivity contribution in [3.05, 3.63) is 77.0 Å². The van der Waals surface area contributed by atoms with Crippen molar-refractivity contribution < 1.29 is 22.7 Å². The number of urea groups is 1. The molecule has 0 aliphatic carbocycles. The molecule has 0 bridgehead atoms. The first-order valence-corrected chi connectivity index (χ1v) is 10.8. The van der Waals surface area contributed by atoms with Gasteiger partial charge in [-0.25, -0.2) is 18.0 Å². The third-order valence-electron chi connectivity index (χ3n) is 4.50. The van der Waals surface area contributed by atoms with E-state index in [1.54, 1.807) is 37.3 Å². The first-order chi connectivity index (χ1) is 13.8. The molecule has 0 radical (unpaired) electrons. The zero-order chi connectivity index (χ0) is 21.0. The molecule has 1 aliphatic rings. The van der Waals surface area contributed by atoms with Gasteiger partial charge in [0.25, 0.3) is 0 Å². The number of amides is 2. The number of hydrogen-bond donors (Lipinski definition) is 2. The Morgan fingerprint density at radius 2 is 1.72 bits per heavy atom. The molecule has 2 N–H and O–H groups in total. The van der Waals surface area contributed by atoms with E-state index in [0.717, 1.165) is 5.56 Å². The van der Waals surface area contributed by atoms with E-state index in [1.807, 2.05) is 19.1 Å². The number of nitrogens with one attached hydrogen (secondary N) is 2. The van der Waals surface area contributed by atoms with E-state index < -0.39 is 33.6 Å². The molecule has 0 unspecified atom stereocenters. The lowest BCUT2D eigenvalue weighted by molar-refractivity contribution is -0.139. The van der Waals surface area contributed by atoms with Gasteiger partial charge in [-0.15, -0.1) is 0 Å². The van der Waals surface area contributed by atoms with Crippen LogP contribution >= 0.6 is 0 Å². The summed E-state index contributed by atoms with van der Waals surface area (Å²) in [6, 6.07) is 13.8. The second-order valence-electron chi connectivity index (χ2n) is 6.63. The number of aryl methyl sites for hydroxylation is 1. The fourth-order valence-electron chi connectivity index (χ4n) is 3.09. The lowest BCUT2D eigenvalue weighted by Gasteiger charge is -2.29. The number of benzene rings is 2. The molecule has 0 fully saturated rings. The summed E-state index contributed by atoms with van der Waals surface area (Å²) in [6.07, 6.45) is 0. The number of carbonyl (C=O) groups excluding carboxylic acids is 2. The molecule has 0 aromatic heterocycles. The predicted molar refractivity (Wildman–Crippen MR) is 108 cm³/mol. The molecule has 1 heterocycles. The van der Waals surface area contributed by atoms with Crippen LogP contribution in [0.25, 0.3) is 0 Å². The lowest BCUT2D eigenvalue weighted by Crippen LogP contribution is -2.47. The van der Waals surface area contributed by atoms with Gasteiger partial charge in [0.1, 0.15) is 0 Å². The summed E-state index contributed by atoms with van der Waals surface area (Å²) < 4.78 is 30.9. The largest absolute Gasteiger partial charge is 0.463 e. The Kier molecular flexibility index (Phi) is 6.03. The quantitative estimate of drug-likeness (QED) is 0.708. The molecule has 7 nitrogen and oxygen atoms in total. The molecule has 8 heteroatoms. The number of hydrogen-bond acceptors (Lipinski definition) is 5. The van der Waals surface area contributed by atoms with E-state index in [4.69, 9.17) is 4.74 Å². The topological polar surface area (TPSA) is 102 Å². The van der Waals surface area contributed by atoms with Gasteiger partial charge < -0.3 is 15.4 Å². The summed E-state index contributed by atoms with van der Waals surface area (Å²) in [5.41, 5.74) is 1.77. The van der Waals surface area contributed by atoms with Crippen LogP contribution in [0.3, 0.4) is 0 Å². The Morgan fingerprint density at radius 1 is 1.07 bits per heavy atom. The summed E-state index contributed by atoms with van der Waals surface area (Å²) in [7, 11) is -3.79. The number of ether oxygens (including phenoxy) is 1. The van der Waals surface area contributed by atoms with Gasteiger partial charge in [0, 0.05) is 5.70 Å². The molecule has 0 saturated carbocycles. The summed E-state index contributed by atoms with van der Waals surface area (Å²) in [4.78, 5) is 25.1. The van der Waals surface area contributed by atoms with E-state index in [2.05, 4.69) is 10.6 Å². The van der Waals surface area contributed by atoms with Crippen molar-refractivity contribution in [3.8, 4) is 0 Å². The summed E-state index contributed by atoms with van der Waals surface area (Å²) in [5.74, 6) is -1.20. The Balaban J connectivity index is 2.09. The minimum Gasteiger partial charge on any atom is -0.463 e. The van der Waals surface area contributed by atoms with Crippen molar-refractivity contribution in [2.45, 2.75) is 24.8 Å². The van der Waals surface area contributed by atoms with Gasteiger partial charge in [0.05, 0.1) is 28.9 Å². The van der Waals surface area contributed by atoms with Gasteiger partial charge in [0.2, 0.25) is 0 Å². The second-order valence-corrected chi connectivity index (χ2v) is 8.62. The standard InChI is InChI=1S/C21H22N2O5S/c1-3-28-20(24)18-17(13-29(26,27)16-7-5-4-6-8-16)22-21(25)23-19(18)15-11-9-14(2)10-12-15/h4-12,19H,3,13H2,1-2H3,(H2,22,23,25)/t19-/m0/s1. The normalized spacial score (nSPS) is 16.8. The average molecular weight is 414 g/mol. The van der Waals surface area contributed by atoms with Gasteiger partial charge in [0.15, 0.2) is 9.84 Å². The van der Waals surface area contributed by atoms with Crippen LogP contribution in [0.2, 0.25) is 0 Å². The van der Waals surface area contributed by atoms with Crippen molar-refractivity contribution in [1.82, 2.24) is 10.6 Å². The van der Waals surface area contributed by atoms with Crippen LogP contribution in [0.4, 0.5) is 4.79 Å². The molecule has 0 saturated heterocycles. The third kappa shape index (κ3) is 4.65. The average Bonchev–Trinajstić information content (AvgIpc) is 2.68. The van der Waals surface area contributed by atoms with Gasteiger partial charge in [-0.3, -0.25) is 0 Å². The predicted octanol–water partition coefficient (Wildman–Crippen LogP) is 2.64. The van der Waals surface area contributed by atoms with Crippen LogP contribution in [0.15, 0.2) is 70.8 Å². The fraction of sp³-hybridized carbons (Fsp3) is 0.238. The van der Waals surface area contributed by atoms with Crippen LogP contribution in [0.5, 0.6) is 0 Å². The zero-order valence-corrected chi connectivity index (χ0v) is 17.0. The van der Waals surface area contributed by atoms with Gasteiger partial charge in [-0.2, -0.15) is 0 Å². The van der Waals surface area contributed by atoms with Gasteiger partial charge >= 0.3 is 12.0 Å². The van der Waals surface area contributed by atoms with E-state index in [-0.39, 0.29) is 22.8 Å². The van der Waals surface area contributed by atoms with Crippen LogP contribution in [0, 0.1) is 6.92 Å². The molecule has 2 amide bonds.